The molecule has 1 aliphatic carbocycles. The largest absolute Gasteiger partial charge is 0.496 e. The van der Waals surface area contributed by atoms with Crippen LogP contribution in [0.2, 0.25) is 0 Å². The molecule has 0 aromatic heterocycles. The molecule has 4 N–H and O–H groups in total. The van der Waals surface area contributed by atoms with Crippen molar-refractivity contribution in [1.29, 1.82) is 0 Å². The molecular weight excluding hydrogens is 248 g/mol. The standard InChI is InChI=1S/C13H18N2O4/c1-18-11-3-4-12(19-2)8-6-10(16)9(5-7(8)11)15-13(14)17/h3-4,9-10,16H,5-6H2,1-2H3,(H3,14,15,17). The third-order valence-corrected chi connectivity index (χ3v) is 3.41. The molecule has 1 aliphatic rings. The van der Waals surface area contributed by atoms with E-state index in [1.165, 1.54) is 0 Å². The SMILES string of the molecule is COc1ccc(OC)c2c1CC(O)C(NC(N)=O)C2. The number of aliphatic hydroxyl groups excluding tert-OH is 1. The predicted octanol–water partition coefficient (Wildman–Crippen LogP) is 0.200. The molecule has 2 amide bonds. The Balaban J connectivity index is 2.38. The molecule has 6 heteroatoms. The van der Waals surface area contributed by atoms with Crippen molar-refractivity contribution in [2.45, 2.75) is 25.0 Å². The number of methoxy groups -OCH3 is 2. The second-order valence-corrected chi connectivity index (χ2v) is 4.52. The van der Waals surface area contributed by atoms with Crippen LogP contribution in [-0.4, -0.2) is 37.5 Å². The summed E-state index contributed by atoms with van der Waals surface area (Å²) in [6.07, 6.45) is 0.154. The van der Waals surface area contributed by atoms with Gasteiger partial charge in [0.05, 0.1) is 26.4 Å². The first-order chi connectivity index (χ1) is 9.06. The average Bonchev–Trinajstić information content (AvgIpc) is 2.38. The zero-order valence-electron chi connectivity index (χ0n) is 11.0. The molecule has 0 bridgehead atoms. The van der Waals surface area contributed by atoms with E-state index in [9.17, 15) is 9.90 Å². The molecule has 0 aliphatic heterocycles. The minimum atomic E-state index is -0.694. The van der Waals surface area contributed by atoms with Crippen LogP contribution in [0.25, 0.3) is 0 Å². The Morgan fingerprint density at radius 1 is 1.26 bits per heavy atom. The summed E-state index contributed by atoms with van der Waals surface area (Å²) in [6, 6.07) is 2.57. The molecule has 0 radical (unpaired) electrons. The quantitative estimate of drug-likeness (QED) is 0.728. The Labute approximate surface area is 111 Å². The number of urea groups is 1. The summed E-state index contributed by atoms with van der Waals surface area (Å²) in [5.41, 5.74) is 6.96. The van der Waals surface area contributed by atoms with E-state index >= 15 is 0 Å². The highest BCUT2D eigenvalue weighted by molar-refractivity contribution is 5.72. The lowest BCUT2D eigenvalue weighted by atomic mass is 9.85. The van der Waals surface area contributed by atoms with Crippen molar-refractivity contribution < 1.29 is 19.4 Å². The van der Waals surface area contributed by atoms with E-state index in [-0.39, 0.29) is 0 Å². The monoisotopic (exact) mass is 266 g/mol. The molecule has 19 heavy (non-hydrogen) atoms. The van der Waals surface area contributed by atoms with Crippen LogP contribution in [0.15, 0.2) is 12.1 Å². The molecule has 2 unspecified atom stereocenters. The fourth-order valence-corrected chi connectivity index (χ4v) is 2.52. The van der Waals surface area contributed by atoms with Gasteiger partial charge in [-0.15, -0.1) is 0 Å². The number of primary amides is 1. The van der Waals surface area contributed by atoms with Gasteiger partial charge in [-0.25, -0.2) is 4.79 Å². The van der Waals surface area contributed by atoms with Gasteiger partial charge in [-0.1, -0.05) is 0 Å². The first kappa shape index (κ1) is 13.5. The van der Waals surface area contributed by atoms with Gasteiger partial charge in [-0.3, -0.25) is 0 Å². The number of nitrogens with one attached hydrogen (secondary N) is 1. The van der Waals surface area contributed by atoms with Gasteiger partial charge in [-0.2, -0.15) is 0 Å². The van der Waals surface area contributed by atoms with Crippen LogP contribution < -0.4 is 20.5 Å². The number of fused-ring (bicyclic) bond motifs is 1. The van der Waals surface area contributed by atoms with Gasteiger partial charge >= 0.3 is 6.03 Å². The summed E-state index contributed by atoms with van der Waals surface area (Å²) < 4.78 is 10.6. The van der Waals surface area contributed by atoms with Gasteiger partial charge in [-0.05, 0) is 18.6 Å². The van der Waals surface area contributed by atoms with Gasteiger partial charge in [0.2, 0.25) is 0 Å². The van der Waals surface area contributed by atoms with Gasteiger partial charge in [0, 0.05) is 17.5 Å². The zero-order valence-corrected chi connectivity index (χ0v) is 11.0. The van der Waals surface area contributed by atoms with E-state index in [0.717, 1.165) is 16.9 Å². The lowest BCUT2D eigenvalue weighted by molar-refractivity contribution is 0.121. The second kappa shape index (κ2) is 5.36. The summed E-state index contributed by atoms with van der Waals surface area (Å²) in [4.78, 5) is 10.9. The summed E-state index contributed by atoms with van der Waals surface area (Å²) in [6.45, 7) is 0. The van der Waals surface area contributed by atoms with E-state index in [1.807, 2.05) is 12.1 Å². The molecule has 2 atom stereocenters. The van der Waals surface area contributed by atoms with Crippen molar-refractivity contribution in [2.75, 3.05) is 14.2 Å². The molecule has 6 nitrogen and oxygen atoms in total. The van der Waals surface area contributed by atoms with E-state index < -0.39 is 18.2 Å². The number of ether oxygens (including phenoxy) is 2. The highest BCUT2D eigenvalue weighted by Gasteiger charge is 2.31. The van der Waals surface area contributed by atoms with Crippen molar-refractivity contribution in [1.82, 2.24) is 5.32 Å². The number of carbonyl (C=O) groups excluding carboxylic acids is 1. The van der Waals surface area contributed by atoms with Crippen molar-refractivity contribution in [3.8, 4) is 11.5 Å². The highest BCUT2D eigenvalue weighted by atomic mass is 16.5. The topological polar surface area (TPSA) is 93.8 Å². The third-order valence-electron chi connectivity index (χ3n) is 3.41. The lowest BCUT2D eigenvalue weighted by Gasteiger charge is -2.31. The lowest BCUT2D eigenvalue weighted by Crippen LogP contribution is -2.49. The Morgan fingerprint density at radius 3 is 2.26 bits per heavy atom. The van der Waals surface area contributed by atoms with Crippen LogP contribution in [0.4, 0.5) is 4.79 Å². The Hall–Kier alpha value is -1.95. The van der Waals surface area contributed by atoms with Crippen molar-refractivity contribution >= 4 is 6.03 Å². The number of benzene rings is 1. The van der Waals surface area contributed by atoms with Crippen LogP contribution in [0, 0.1) is 0 Å². The molecule has 0 fully saturated rings. The van der Waals surface area contributed by atoms with Gasteiger partial charge in [0.25, 0.3) is 0 Å². The number of nitrogens with two attached hydrogens (primary N) is 1. The molecule has 2 rings (SSSR count). The fourth-order valence-electron chi connectivity index (χ4n) is 2.52. The summed E-state index contributed by atoms with van der Waals surface area (Å²) in [5, 5.41) is 12.6. The molecule has 1 aromatic rings. The van der Waals surface area contributed by atoms with Crippen molar-refractivity contribution in [3.63, 3.8) is 0 Å². The Kier molecular flexibility index (Phi) is 3.80. The summed E-state index contributed by atoms with van der Waals surface area (Å²) >= 11 is 0. The number of aliphatic hydroxyl groups is 1. The second-order valence-electron chi connectivity index (χ2n) is 4.52. The Bertz CT molecular complexity index is 490. The maximum Gasteiger partial charge on any atom is 0.312 e. The summed E-state index contributed by atoms with van der Waals surface area (Å²) in [7, 11) is 3.17. The molecule has 0 saturated heterocycles. The highest BCUT2D eigenvalue weighted by Crippen LogP contribution is 2.36. The first-order valence-corrected chi connectivity index (χ1v) is 6.03. The van der Waals surface area contributed by atoms with Crippen LogP contribution in [-0.2, 0) is 12.8 Å². The number of rotatable bonds is 3. The van der Waals surface area contributed by atoms with Crippen LogP contribution in [0.3, 0.4) is 0 Å². The minimum absolute atomic E-state index is 0.390. The van der Waals surface area contributed by atoms with Gasteiger partial charge in [0.15, 0.2) is 0 Å². The number of hydrogen-bond donors (Lipinski definition) is 3. The molecule has 1 aromatic carbocycles. The van der Waals surface area contributed by atoms with Crippen molar-refractivity contribution in [2.24, 2.45) is 5.73 Å². The van der Waals surface area contributed by atoms with E-state index in [4.69, 9.17) is 15.2 Å². The predicted molar refractivity (Wildman–Crippen MR) is 69.5 cm³/mol. The van der Waals surface area contributed by atoms with Crippen molar-refractivity contribution in [3.05, 3.63) is 23.3 Å². The zero-order chi connectivity index (χ0) is 14.0. The number of hydrogen-bond acceptors (Lipinski definition) is 4. The van der Waals surface area contributed by atoms with Gasteiger partial charge < -0.3 is 25.6 Å². The normalized spacial score (nSPS) is 21.4. The van der Waals surface area contributed by atoms with Crippen LogP contribution in [0.1, 0.15) is 11.1 Å². The first-order valence-electron chi connectivity index (χ1n) is 6.03. The number of amides is 2. The molecule has 0 heterocycles. The maximum atomic E-state index is 10.9. The molecular formula is C13H18N2O4. The summed E-state index contributed by atoms with van der Waals surface area (Å²) in [5.74, 6) is 1.44. The minimum Gasteiger partial charge on any atom is -0.496 e. The van der Waals surface area contributed by atoms with E-state index in [0.29, 0.717) is 18.6 Å². The smallest absolute Gasteiger partial charge is 0.312 e. The van der Waals surface area contributed by atoms with E-state index in [1.54, 1.807) is 14.2 Å². The Morgan fingerprint density at radius 2 is 1.79 bits per heavy atom. The average molecular weight is 266 g/mol. The fraction of sp³-hybridized carbons (Fsp3) is 0.462. The molecule has 104 valence electrons. The maximum absolute atomic E-state index is 10.9. The number of carbonyl (C=O) groups is 1. The van der Waals surface area contributed by atoms with Gasteiger partial charge in [0.1, 0.15) is 11.5 Å². The third kappa shape index (κ3) is 2.58. The van der Waals surface area contributed by atoms with Crippen LogP contribution >= 0.6 is 0 Å². The molecule has 0 saturated carbocycles. The van der Waals surface area contributed by atoms with Crippen LogP contribution in [0.5, 0.6) is 11.5 Å². The molecule has 0 spiro atoms. The van der Waals surface area contributed by atoms with E-state index in [2.05, 4.69) is 5.32 Å².